The van der Waals surface area contributed by atoms with Crippen LogP contribution < -0.4 is 0 Å². The predicted molar refractivity (Wildman–Crippen MR) is 57.3 cm³/mol. The lowest BCUT2D eigenvalue weighted by atomic mass is 10.2. The number of nitrogens with zero attached hydrogens (tertiary/aromatic N) is 2. The number of aromatic nitrogens is 2. The van der Waals surface area contributed by atoms with Crippen molar-refractivity contribution in [3.63, 3.8) is 0 Å². The maximum absolute atomic E-state index is 11.5. The molecule has 0 aliphatic heterocycles. The lowest BCUT2D eigenvalue weighted by Gasteiger charge is -1.95. The number of rotatable bonds is 4. The van der Waals surface area contributed by atoms with E-state index in [9.17, 15) is 4.79 Å². The van der Waals surface area contributed by atoms with Gasteiger partial charge in [-0.1, -0.05) is 18.5 Å². The van der Waals surface area contributed by atoms with Gasteiger partial charge in [0, 0.05) is 6.07 Å². The topological polar surface area (TPSA) is 78.4 Å². The quantitative estimate of drug-likeness (QED) is 0.756. The van der Waals surface area contributed by atoms with Crippen LogP contribution in [0, 0.1) is 0 Å². The molecule has 6 heteroatoms. The van der Waals surface area contributed by atoms with Crippen LogP contribution in [0.25, 0.3) is 11.6 Å². The molecule has 0 atom stereocenters. The van der Waals surface area contributed by atoms with Crippen LogP contribution in [0.3, 0.4) is 0 Å². The molecule has 0 bridgehead atoms. The fourth-order valence-corrected chi connectivity index (χ4v) is 1.44. The van der Waals surface area contributed by atoms with Crippen molar-refractivity contribution in [2.45, 2.75) is 19.8 Å². The summed E-state index contributed by atoms with van der Waals surface area (Å²) in [4.78, 5) is 15.7. The van der Waals surface area contributed by atoms with E-state index in [2.05, 4.69) is 14.9 Å². The number of aryl methyl sites for hydroxylation is 1. The molecular formula is C11H12N2O4. The van der Waals surface area contributed by atoms with Gasteiger partial charge in [-0.3, -0.25) is 0 Å². The van der Waals surface area contributed by atoms with E-state index in [0.717, 1.165) is 6.42 Å². The third kappa shape index (κ3) is 2.20. The Bertz CT molecular complexity index is 502. The number of oxazole rings is 1. The van der Waals surface area contributed by atoms with Crippen LogP contribution in [0.2, 0.25) is 0 Å². The second kappa shape index (κ2) is 4.82. The first-order valence-electron chi connectivity index (χ1n) is 5.25. The minimum absolute atomic E-state index is 0.132. The smallest absolute Gasteiger partial charge is 0.376 e. The van der Waals surface area contributed by atoms with Crippen molar-refractivity contribution in [3.8, 4) is 11.6 Å². The van der Waals surface area contributed by atoms with Gasteiger partial charge in [0.25, 0.3) is 0 Å². The summed E-state index contributed by atoms with van der Waals surface area (Å²) < 4.78 is 14.7. The van der Waals surface area contributed by atoms with Gasteiger partial charge in [-0.2, -0.15) is 0 Å². The standard InChI is InChI=1S/C11H12N2O4/c1-3-4-7-9(11(14)15-2)17-10(12-7)8-5-6-16-13-8/h5-6H,3-4H2,1-2H3. The van der Waals surface area contributed by atoms with Crippen molar-refractivity contribution in [2.24, 2.45) is 0 Å². The van der Waals surface area contributed by atoms with Crippen molar-refractivity contribution in [1.82, 2.24) is 10.1 Å². The average Bonchev–Trinajstić information content (AvgIpc) is 2.96. The molecule has 0 fully saturated rings. The van der Waals surface area contributed by atoms with E-state index in [0.29, 0.717) is 17.8 Å². The molecule has 0 aliphatic rings. The Morgan fingerprint density at radius 2 is 2.35 bits per heavy atom. The summed E-state index contributed by atoms with van der Waals surface area (Å²) in [7, 11) is 1.30. The largest absolute Gasteiger partial charge is 0.463 e. The van der Waals surface area contributed by atoms with E-state index in [1.165, 1.54) is 13.4 Å². The van der Waals surface area contributed by atoms with Crippen LogP contribution in [0.5, 0.6) is 0 Å². The Hall–Kier alpha value is -2.11. The summed E-state index contributed by atoms with van der Waals surface area (Å²) in [5.74, 6) is -0.134. The molecule has 2 aromatic heterocycles. The van der Waals surface area contributed by atoms with Gasteiger partial charge in [-0.05, 0) is 6.42 Å². The molecule has 0 aliphatic carbocycles. The normalized spacial score (nSPS) is 10.5. The highest BCUT2D eigenvalue weighted by molar-refractivity contribution is 5.87. The highest BCUT2D eigenvalue weighted by atomic mass is 16.5. The molecule has 0 N–H and O–H groups in total. The summed E-state index contributed by atoms with van der Waals surface area (Å²) in [5.41, 5.74) is 1.04. The Kier molecular flexibility index (Phi) is 3.22. The summed E-state index contributed by atoms with van der Waals surface area (Å²) >= 11 is 0. The summed E-state index contributed by atoms with van der Waals surface area (Å²) in [6.07, 6.45) is 2.91. The number of methoxy groups -OCH3 is 1. The monoisotopic (exact) mass is 236 g/mol. The zero-order chi connectivity index (χ0) is 12.3. The molecule has 6 nitrogen and oxygen atoms in total. The number of hydrogen-bond acceptors (Lipinski definition) is 6. The number of carbonyl (C=O) groups is 1. The van der Waals surface area contributed by atoms with E-state index in [1.807, 2.05) is 6.92 Å². The first-order chi connectivity index (χ1) is 8.26. The number of hydrogen-bond donors (Lipinski definition) is 0. The van der Waals surface area contributed by atoms with Crippen molar-refractivity contribution in [1.29, 1.82) is 0 Å². The van der Waals surface area contributed by atoms with E-state index in [-0.39, 0.29) is 11.7 Å². The molecule has 2 rings (SSSR count). The van der Waals surface area contributed by atoms with Gasteiger partial charge in [-0.25, -0.2) is 9.78 Å². The van der Waals surface area contributed by atoms with Crippen LogP contribution in [0.1, 0.15) is 29.6 Å². The lowest BCUT2D eigenvalue weighted by molar-refractivity contribution is 0.0564. The van der Waals surface area contributed by atoms with Gasteiger partial charge in [0.2, 0.25) is 11.7 Å². The highest BCUT2D eigenvalue weighted by Crippen LogP contribution is 2.22. The van der Waals surface area contributed by atoms with Crippen molar-refractivity contribution >= 4 is 5.97 Å². The zero-order valence-corrected chi connectivity index (χ0v) is 9.60. The summed E-state index contributed by atoms with van der Waals surface area (Å²) in [5, 5.41) is 3.70. The highest BCUT2D eigenvalue weighted by Gasteiger charge is 2.21. The molecule has 0 saturated heterocycles. The van der Waals surface area contributed by atoms with Gasteiger partial charge in [0.05, 0.1) is 12.8 Å². The molecule has 17 heavy (non-hydrogen) atoms. The van der Waals surface area contributed by atoms with Gasteiger partial charge < -0.3 is 13.7 Å². The molecule has 0 aromatic carbocycles. The molecular weight excluding hydrogens is 224 g/mol. The molecule has 0 radical (unpaired) electrons. The van der Waals surface area contributed by atoms with Crippen molar-refractivity contribution < 1.29 is 18.5 Å². The van der Waals surface area contributed by atoms with Gasteiger partial charge >= 0.3 is 5.97 Å². The van der Waals surface area contributed by atoms with Crippen LogP contribution in [0.4, 0.5) is 0 Å². The van der Waals surface area contributed by atoms with Gasteiger partial charge in [-0.15, -0.1) is 0 Å². The Morgan fingerprint density at radius 1 is 1.53 bits per heavy atom. The first-order valence-corrected chi connectivity index (χ1v) is 5.25. The second-order valence-electron chi connectivity index (χ2n) is 3.42. The lowest BCUT2D eigenvalue weighted by Crippen LogP contribution is -2.03. The molecule has 0 saturated carbocycles. The Labute approximate surface area is 97.6 Å². The number of carbonyl (C=O) groups excluding carboxylic acids is 1. The first kappa shape index (κ1) is 11.4. The minimum Gasteiger partial charge on any atom is -0.463 e. The molecule has 90 valence electrons. The molecule has 2 heterocycles. The van der Waals surface area contributed by atoms with Gasteiger partial charge in [0.15, 0.2) is 5.69 Å². The molecule has 0 amide bonds. The molecule has 0 spiro atoms. The van der Waals surface area contributed by atoms with E-state index in [1.54, 1.807) is 6.07 Å². The predicted octanol–water partition coefficient (Wildman–Crippen LogP) is 2.07. The fraction of sp³-hybridized carbons (Fsp3) is 0.364. The molecule has 0 unspecified atom stereocenters. The fourth-order valence-electron chi connectivity index (χ4n) is 1.44. The Balaban J connectivity index is 2.40. The summed E-state index contributed by atoms with van der Waals surface area (Å²) in [6, 6.07) is 1.61. The molecule has 2 aromatic rings. The van der Waals surface area contributed by atoms with E-state index < -0.39 is 5.97 Å². The SMILES string of the molecule is CCCc1nc(-c2ccon2)oc1C(=O)OC. The maximum Gasteiger partial charge on any atom is 0.376 e. The van der Waals surface area contributed by atoms with Crippen molar-refractivity contribution in [3.05, 3.63) is 23.8 Å². The van der Waals surface area contributed by atoms with Crippen LogP contribution in [-0.2, 0) is 11.2 Å². The zero-order valence-electron chi connectivity index (χ0n) is 9.60. The average molecular weight is 236 g/mol. The second-order valence-corrected chi connectivity index (χ2v) is 3.42. The number of esters is 1. The van der Waals surface area contributed by atoms with E-state index in [4.69, 9.17) is 8.94 Å². The van der Waals surface area contributed by atoms with E-state index >= 15 is 0 Å². The van der Waals surface area contributed by atoms with Crippen LogP contribution >= 0.6 is 0 Å². The maximum atomic E-state index is 11.5. The Morgan fingerprint density at radius 3 is 2.94 bits per heavy atom. The van der Waals surface area contributed by atoms with Crippen molar-refractivity contribution in [2.75, 3.05) is 7.11 Å². The van der Waals surface area contributed by atoms with Crippen LogP contribution in [-0.4, -0.2) is 23.2 Å². The third-order valence-electron chi connectivity index (χ3n) is 2.21. The minimum atomic E-state index is -0.532. The van der Waals surface area contributed by atoms with Gasteiger partial charge in [0.1, 0.15) is 6.26 Å². The third-order valence-corrected chi connectivity index (χ3v) is 2.21. The number of ether oxygens (including phenoxy) is 1. The van der Waals surface area contributed by atoms with Crippen LogP contribution in [0.15, 0.2) is 21.3 Å². The summed E-state index contributed by atoms with van der Waals surface area (Å²) in [6.45, 7) is 1.99.